The molecule has 0 aromatic rings. The molecule has 0 aromatic carbocycles. The van der Waals surface area contributed by atoms with Gasteiger partial charge in [-0.2, -0.15) is 0 Å². The average molecular weight is 165 g/mol. The van der Waals surface area contributed by atoms with Crippen molar-refractivity contribution in [1.82, 2.24) is 5.32 Å². The monoisotopic (exact) mass is 165 g/mol. The van der Waals surface area contributed by atoms with Crippen LogP contribution in [0.1, 0.15) is 27.2 Å². The van der Waals surface area contributed by atoms with E-state index in [2.05, 4.69) is 38.2 Å². The molecule has 0 amide bonds. The predicted molar refractivity (Wildman–Crippen MR) is 54.1 cm³/mol. The SMILES string of the molecule is CNC1CC=C(C(C)C)C=C1C. The zero-order chi connectivity index (χ0) is 9.14. The lowest BCUT2D eigenvalue weighted by Gasteiger charge is -2.22. The van der Waals surface area contributed by atoms with Gasteiger partial charge in [-0.3, -0.25) is 0 Å². The Morgan fingerprint density at radius 1 is 1.50 bits per heavy atom. The van der Waals surface area contributed by atoms with Crippen molar-refractivity contribution in [2.75, 3.05) is 7.05 Å². The smallest absolute Gasteiger partial charge is 0.0312 e. The molecule has 1 unspecified atom stereocenters. The quantitative estimate of drug-likeness (QED) is 0.663. The minimum atomic E-state index is 0.562. The van der Waals surface area contributed by atoms with Crippen molar-refractivity contribution in [1.29, 1.82) is 0 Å². The van der Waals surface area contributed by atoms with Crippen LogP contribution in [0.5, 0.6) is 0 Å². The summed E-state index contributed by atoms with van der Waals surface area (Å²) >= 11 is 0. The molecule has 1 N–H and O–H groups in total. The van der Waals surface area contributed by atoms with Crippen LogP contribution < -0.4 is 5.32 Å². The van der Waals surface area contributed by atoms with Crippen molar-refractivity contribution >= 4 is 0 Å². The van der Waals surface area contributed by atoms with Crippen molar-refractivity contribution in [3.63, 3.8) is 0 Å². The molecular weight excluding hydrogens is 146 g/mol. The lowest BCUT2D eigenvalue weighted by atomic mass is 9.90. The number of nitrogens with one attached hydrogen (secondary N) is 1. The molecule has 12 heavy (non-hydrogen) atoms. The van der Waals surface area contributed by atoms with E-state index in [-0.39, 0.29) is 0 Å². The van der Waals surface area contributed by atoms with Crippen molar-refractivity contribution in [2.24, 2.45) is 5.92 Å². The van der Waals surface area contributed by atoms with Gasteiger partial charge >= 0.3 is 0 Å². The molecule has 1 aliphatic rings. The summed E-state index contributed by atoms with van der Waals surface area (Å²) in [6.07, 6.45) is 5.81. The molecule has 0 radical (unpaired) electrons. The molecule has 68 valence electrons. The van der Waals surface area contributed by atoms with Crippen LogP contribution in [0.3, 0.4) is 0 Å². The van der Waals surface area contributed by atoms with E-state index in [9.17, 15) is 0 Å². The van der Waals surface area contributed by atoms with E-state index in [1.807, 2.05) is 7.05 Å². The Labute approximate surface area is 75.6 Å². The van der Waals surface area contributed by atoms with Crippen LogP contribution in [0, 0.1) is 5.92 Å². The molecular formula is C11H19N. The fourth-order valence-electron chi connectivity index (χ4n) is 1.61. The summed E-state index contributed by atoms with van der Waals surface area (Å²) in [5, 5.41) is 3.30. The standard InChI is InChI=1S/C11H19N/c1-8(2)10-5-6-11(12-4)9(3)7-10/h5,7-8,11-12H,6H2,1-4H3. The van der Waals surface area contributed by atoms with Crippen molar-refractivity contribution < 1.29 is 0 Å². The van der Waals surface area contributed by atoms with Crippen LogP contribution in [-0.2, 0) is 0 Å². The summed E-state index contributed by atoms with van der Waals surface area (Å²) in [7, 11) is 2.02. The maximum atomic E-state index is 3.30. The van der Waals surface area contributed by atoms with Gasteiger partial charge in [0.15, 0.2) is 0 Å². The van der Waals surface area contributed by atoms with Crippen molar-refractivity contribution in [3.05, 3.63) is 23.3 Å². The molecule has 1 atom stereocenters. The first kappa shape index (κ1) is 9.53. The van der Waals surface area contributed by atoms with Crippen LogP contribution in [0.2, 0.25) is 0 Å². The van der Waals surface area contributed by atoms with E-state index in [1.165, 1.54) is 11.1 Å². The Hall–Kier alpha value is -0.560. The number of rotatable bonds is 2. The molecule has 0 aliphatic heterocycles. The Bertz CT molecular complexity index is 211. The second-order valence-corrected chi connectivity index (χ2v) is 3.82. The third-order valence-electron chi connectivity index (χ3n) is 2.55. The fraction of sp³-hybridized carbons (Fsp3) is 0.636. The van der Waals surface area contributed by atoms with Gasteiger partial charge < -0.3 is 5.32 Å². The topological polar surface area (TPSA) is 12.0 Å². The zero-order valence-electron chi connectivity index (χ0n) is 8.52. The minimum Gasteiger partial charge on any atom is -0.313 e. The van der Waals surface area contributed by atoms with Gasteiger partial charge in [-0.15, -0.1) is 0 Å². The molecule has 0 saturated heterocycles. The third kappa shape index (κ3) is 1.98. The van der Waals surface area contributed by atoms with Gasteiger partial charge in [-0.05, 0) is 31.9 Å². The largest absolute Gasteiger partial charge is 0.313 e. The molecule has 1 heteroatoms. The first-order chi connectivity index (χ1) is 5.65. The molecule has 0 bridgehead atoms. The third-order valence-corrected chi connectivity index (χ3v) is 2.55. The summed E-state index contributed by atoms with van der Waals surface area (Å²) in [5.41, 5.74) is 2.95. The zero-order valence-corrected chi connectivity index (χ0v) is 8.52. The molecule has 1 rings (SSSR count). The van der Waals surface area contributed by atoms with Crippen molar-refractivity contribution in [2.45, 2.75) is 33.2 Å². The van der Waals surface area contributed by atoms with Crippen LogP contribution in [-0.4, -0.2) is 13.1 Å². The predicted octanol–water partition coefficient (Wildman–Crippen LogP) is 2.51. The Balaban J connectivity index is 2.71. The fourth-order valence-corrected chi connectivity index (χ4v) is 1.61. The number of hydrogen-bond acceptors (Lipinski definition) is 1. The molecule has 0 fully saturated rings. The molecule has 0 aromatic heterocycles. The normalized spacial score (nSPS) is 23.9. The highest BCUT2D eigenvalue weighted by atomic mass is 14.9. The molecule has 0 heterocycles. The van der Waals surface area contributed by atoms with E-state index >= 15 is 0 Å². The molecule has 0 saturated carbocycles. The minimum absolute atomic E-state index is 0.562. The lowest BCUT2D eigenvalue weighted by Crippen LogP contribution is -2.27. The van der Waals surface area contributed by atoms with Crippen LogP contribution >= 0.6 is 0 Å². The average Bonchev–Trinajstić information content (AvgIpc) is 2.04. The highest BCUT2D eigenvalue weighted by Gasteiger charge is 2.13. The van der Waals surface area contributed by atoms with E-state index in [0.717, 1.165) is 6.42 Å². The van der Waals surface area contributed by atoms with E-state index < -0.39 is 0 Å². The number of allylic oxidation sites excluding steroid dienone is 2. The second kappa shape index (κ2) is 3.90. The number of likely N-dealkylation sites (N-methyl/N-ethyl adjacent to an activating group) is 1. The first-order valence-corrected chi connectivity index (χ1v) is 4.70. The summed E-state index contributed by atoms with van der Waals surface area (Å²) in [6, 6.07) is 0.562. The van der Waals surface area contributed by atoms with Gasteiger partial charge in [-0.1, -0.05) is 31.6 Å². The summed E-state index contributed by atoms with van der Waals surface area (Å²) in [5.74, 6) is 0.665. The van der Waals surface area contributed by atoms with E-state index in [0.29, 0.717) is 12.0 Å². The highest BCUT2D eigenvalue weighted by molar-refractivity contribution is 5.31. The Morgan fingerprint density at radius 3 is 2.58 bits per heavy atom. The second-order valence-electron chi connectivity index (χ2n) is 3.82. The van der Waals surface area contributed by atoms with Gasteiger partial charge in [-0.25, -0.2) is 0 Å². The summed E-state index contributed by atoms with van der Waals surface area (Å²) in [6.45, 7) is 6.70. The van der Waals surface area contributed by atoms with Crippen LogP contribution in [0.15, 0.2) is 23.3 Å². The van der Waals surface area contributed by atoms with Gasteiger partial charge in [0.2, 0.25) is 0 Å². The molecule has 1 nitrogen and oxygen atoms in total. The van der Waals surface area contributed by atoms with Gasteiger partial charge in [0.25, 0.3) is 0 Å². The Kier molecular flexibility index (Phi) is 3.10. The van der Waals surface area contributed by atoms with E-state index in [4.69, 9.17) is 0 Å². The summed E-state index contributed by atoms with van der Waals surface area (Å²) in [4.78, 5) is 0. The van der Waals surface area contributed by atoms with Gasteiger partial charge in [0.1, 0.15) is 0 Å². The van der Waals surface area contributed by atoms with Crippen LogP contribution in [0.25, 0.3) is 0 Å². The van der Waals surface area contributed by atoms with Gasteiger partial charge in [0.05, 0.1) is 0 Å². The number of hydrogen-bond donors (Lipinski definition) is 1. The van der Waals surface area contributed by atoms with Crippen molar-refractivity contribution in [3.8, 4) is 0 Å². The maximum absolute atomic E-state index is 3.30. The lowest BCUT2D eigenvalue weighted by molar-refractivity contribution is 0.623. The summed E-state index contributed by atoms with van der Waals surface area (Å²) < 4.78 is 0. The Morgan fingerprint density at radius 2 is 2.17 bits per heavy atom. The van der Waals surface area contributed by atoms with Crippen LogP contribution in [0.4, 0.5) is 0 Å². The molecule has 0 spiro atoms. The van der Waals surface area contributed by atoms with Gasteiger partial charge in [0, 0.05) is 6.04 Å². The maximum Gasteiger partial charge on any atom is 0.0312 e. The first-order valence-electron chi connectivity index (χ1n) is 4.70. The molecule has 1 aliphatic carbocycles. The van der Waals surface area contributed by atoms with E-state index in [1.54, 1.807) is 0 Å². The highest BCUT2D eigenvalue weighted by Crippen LogP contribution is 2.22.